The Kier molecular flexibility index (Phi) is 7.50. The molecule has 0 aromatic heterocycles. The van der Waals surface area contributed by atoms with Crippen LogP contribution in [0.1, 0.15) is 21.5 Å². The van der Waals surface area contributed by atoms with Gasteiger partial charge in [-0.15, -0.1) is 0 Å². The van der Waals surface area contributed by atoms with Crippen LogP contribution in [-0.2, 0) is 16.6 Å². The lowest BCUT2D eigenvalue weighted by Crippen LogP contribution is -2.26. The molecule has 33 heavy (non-hydrogen) atoms. The molecule has 3 aromatic carbocycles. The SMILES string of the molecule is COc1ccc(CN(C)C(=O)c2cc(NS(=O)(=O)c3ccc(C)cc3)ccc2Cl)cc1OC. The average molecular weight is 489 g/mol. The zero-order valence-electron chi connectivity index (χ0n) is 18.8. The van der Waals surface area contributed by atoms with Crippen molar-refractivity contribution in [2.24, 2.45) is 0 Å². The van der Waals surface area contributed by atoms with Gasteiger partial charge in [0.1, 0.15) is 0 Å². The second-order valence-corrected chi connectivity index (χ2v) is 9.55. The van der Waals surface area contributed by atoms with E-state index in [4.69, 9.17) is 21.1 Å². The molecule has 1 amide bonds. The van der Waals surface area contributed by atoms with Crippen LogP contribution in [0.15, 0.2) is 65.6 Å². The molecule has 0 atom stereocenters. The molecule has 0 bridgehead atoms. The van der Waals surface area contributed by atoms with Gasteiger partial charge in [0.2, 0.25) is 0 Å². The van der Waals surface area contributed by atoms with Crippen LogP contribution in [0.25, 0.3) is 0 Å². The summed E-state index contributed by atoms with van der Waals surface area (Å²) in [4.78, 5) is 14.7. The van der Waals surface area contributed by atoms with E-state index in [1.807, 2.05) is 13.0 Å². The van der Waals surface area contributed by atoms with E-state index >= 15 is 0 Å². The fourth-order valence-corrected chi connectivity index (χ4v) is 4.46. The number of aryl methyl sites for hydroxylation is 1. The van der Waals surface area contributed by atoms with Crippen LogP contribution in [0.3, 0.4) is 0 Å². The summed E-state index contributed by atoms with van der Waals surface area (Å²) in [5.74, 6) is 0.791. The molecule has 0 saturated heterocycles. The van der Waals surface area contributed by atoms with E-state index in [1.54, 1.807) is 45.5 Å². The Balaban J connectivity index is 1.81. The molecule has 174 valence electrons. The van der Waals surface area contributed by atoms with E-state index in [1.165, 1.54) is 35.2 Å². The number of sulfonamides is 1. The van der Waals surface area contributed by atoms with Gasteiger partial charge in [0.05, 0.1) is 29.7 Å². The fraction of sp³-hybridized carbons (Fsp3) is 0.208. The zero-order valence-corrected chi connectivity index (χ0v) is 20.3. The maximum absolute atomic E-state index is 13.1. The molecular weight excluding hydrogens is 464 g/mol. The van der Waals surface area contributed by atoms with Crippen LogP contribution in [0.5, 0.6) is 11.5 Å². The van der Waals surface area contributed by atoms with Crippen molar-refractivity contribution in [2.45, 2.75) is 18.4 Å². The summed E-state index contributed by atoms with van der Waals surface area (Å²) in [6.45, 7) is 2.16. The summed E-state index contributed by atoms with van der Waals surface area (Å²) in [5, 5.41) is 0.220. The second kappa shape index (κ2) is 10.1. The predicted molar refractivity (Wildman–Crippen MR) is 129 cm³/mol. The molecule has 9 heteroatoms. The van der Waals surface area contributed by atoms with Gasteiger partial charge in [0.15, 0.2) is 11.5 Å². The number of ether oxygens (including phenoxy) is 2. The highest BCUT2D eigenvalue weighted by atomic mass is 35.5. The number of nitrogens with one attached hydrogen (secondary N) is 1. The van der Waals surface area contributed by atoms with Crippen LogP contribution in [0.4, 0.5) is 5.69 Å². The molecule has 0 heterocycles. The van der Waals surface area contributed by atoms with Crippen LogP contribution in [0.2, 0.25) is 5.02 Å². The first kappa shape index (κ1) is 24.4. The molecule has 0 aliphatic carbocycles. The molecular formula is C24H25ClN2O5S. The third-order valence-electron chi connectivity index (χ3n) is 4.99. The summed E-state index contributed by atoms with van der Waals surface area (Å²) in [6, 6.07) is 16.3. The molecule has 0 unspecified atom stereocenters. The quantitative estimate of drug-likeness (QED) is 0.495. The third-order valence-corrected chi connectivity index (χ3v) is 6.72. The molecule has 0 saturated carbocycles. The van der Waals surface area contributed by atoms with Gasteiger partial charge in [-0.25, -0.2) is 8.42 Å². The number of hydrogen-bond donors (Lipinski definition) is 1. The number of carbonyl (C=O) groups excluding carboxylic acids is 1. The Morgan fingerprint density at radius 3 is 2.27 bits per heavy atom. The maximum Gasteiger partial charge on any atom is 0.261 e. The highest BCUT2D eigenvalue weighted by molar-refractivity contribution is 7.92. The minimum Gasteiger partial charge on any atom is -0.493 e. The second-order valence-electron chi connectivity index (χ2n) is 7.46. The average Bonchev–Trinajstić information content (AvgIpc) is 2.79. The molecule has 0 aliphatic heterocycles. The number of benzene rings is 3. The van der Waals surface area contributed by atoms with Gasteiger partial charge in [-0.2, -0.15) is 0 Å². The summed E-state index contributed by atoms with van der Waals surface area (Å²) in [5.41, 5.74) is 2.20. The first-order chi connectivity index (χ1) is 15.6. The number of rotatable bonds is 8. The first-order valence-electron chi connectivity index (χ1n) is 10.00. The summed E-state index contributed by atoms with van der Waals surface area (Å²) >= 11 is 6.27. The number of methoxy groups -OCH3 is 2. The number of halogens is 1. The third kappa shape index (κ3) is 5.77. The topological polar surface area (TPSA) is 84.9 Å². The molecule has 3 aromatic rings. The van der Waals surface area contributed by atoms with E-state index in [-0.39, 0.29) is 33.6 Å². The van der Waals surface area contributed by atoms with Gasteiger partial charge in [-0.1, -0.05) is 35.4 Å². The first-order valence-corrected chi connectivity index (χ1v) is 11.9. The lowest BCUT2D eigenvalue weighted by molar-refractivity contribution is 0.0785. The molecule has 0 radical (unpaired) electrons. The maximum atomic E-state index is 13.1. The fourth-order valence-electron chi connectivity index (χ4n) is 3.21. The molecule has 1 N–H and O–H groups in total. The predicted octanol–water partition coefficient (Wildman–Crippen LogP) is 4.74. The number of nitrogens with zero attached hydrogens (tertiary/aromatic N) is 1. The highest BCUT2D eigenvalue weighted by Crippen LogP contribution is 2.29. The van der Waals surface area contributed by atoms with E-state index in [2.05, 4.69) is 4.72 Å². The van der Waals surface area contributed by atoms with Gasteiger partial charge >= 0.3 is 0 Å². The zero-order chi connectivity index (χ0) is 24.2. The van der Waals surface area contributed by atoms with Crippen molar-refractivity contribution in [3.8, 4) is 11.5 Å². The Bertz CT molecular complexity index is 1260. The number of amides is 1. The van der Waals surface area contributed by atoms with Crippen molar-refractivity contribution < 1.29 is 22.7 Å². The smallest absolute Gasteiger partial charge is 0.261 e. The summed E-state index contributed by atoms with van der Waals surface area (Å²) < 4.78 is 38.5. The van der Waals surface area contributed by atoms with Crippen molar-refractivity contribution in [2.75, 3.05) is 26.0 Å². The molecule has 0 aliphatic rings. The standard InChI is InChI=1S/C24H25ClN2O5S/c1-16-5-9-19(10-6-16)33(29,30)26-18-8-11-21(25)20(14-18)24(28)27(2)15-17-7-12-22(31-3)23(13-17)32-4/h5-14,26H,15H2,1-4H3. The Morgan fingerprint density at radius 1 is 0.970 bits per heavy atom. The molecule has 3 rings (SSSR count). The van der Waals surface area contributed by atoms with Crippen molar-refractivity contribution in [1.82, 2.24) is 4.90 Å². The minimum atomic E-state index is -3.81. The van der Waals surface area contributed by atoms with Gasteiger partial charge in [0.25, 0.3) is 15.9 Å². The Labute approximate surface area is 198 Å². The Morgan fingerprint density at radius 2 is 1.64 bits per heavy atom. The van der Waals surface area contributed by atoms with Gasteiger partial charge < -0.3 is 14.4 Å². The van der Waals surface area contributed by atoms with E-state index in [0.29, 0.717) is 11.5 Å². The monoisotopic (exact) mass is 488 g/mol. The number of hydrogen-bond acceptors (Lipinski definition) is 5. The number of anilines is 1. The molecule has 0 spiro atoms. The summed E-state index contributed by atoms with van der Waals surface area (Å²) in [7, 11) is 0.917. The molecule has 7 nitrogen and oxygen atoms in total. The van der Waals surface area contributed by atoms with Crippen LogP contribution in [-0.4, -0.2) is 40.5 Å². The lowest BCUT2D eigenvalue weighted by Gasteiger charge is -2.19. The van der Waals surface area contributed by atoms with Gasteiger partial charge in [-0.05, 0) is 55.0 Å². The van der Waals surface area contributed by atoms with Crippen molar-refractivity contribution in [3.05, 3.63) is 82.4 Å². The van der Waals surface area contributed by atoms with E-state index in [0.717, 1.165) is 11.1 Å². The van der Waals surface area contributed by atoms with Crippen LogP contribution in [0, 0.1) is 6.92 Å². The van der Waals surface area contributed by atoms with E-state index in [9.17, 15) is 13.2 Å². The highest BCUT2D eigenvalue weighted by Gasteiger charge is 2.19. The largest absolute Gasteiger partial charge is 0.493 e. The molecule has 0 fully saturated rings. The summed E-state index contributed by atoms with van der Waals surface area (Å²) in [6.07, 6.45) is 0. The van der Waals surface area contributed by atoms with Crippen molar-refractivity contribution >= 4 is 33.2 Å². The number of carbonyl (C=O) groups is 1. The van der Waals surface area contributed by atoms with Gasteiger partial charge in [-0.3, -0.25) is 9.52 Å². The van der Waals surface area contributed by atoms with Crippen LogP contribution >= 0.6 is 11.6 Å². The van der Waals surface area contributed by atoms with Crippen LogP contribution < -0.4 is 14.2 Å². The normalized spacial score (nSPS) is 11.1. The van der Waals surface area contributed by atoms with Gasteiger partial charge in [0, 0.05) is 19.3 Å². The minimum absolute atomic E-state index is 0.126. The van der Waals surface area contributed by atoms with Crippen molar-refractivity contribution in [3.63, 3.8) is 0 Å². The van der Waals surface area contributed by atoms with Crippen molar-refractivity contribution in [1.29, 1.82) is 0 Å². The van der Waals surface area contributed by atoms with E-state index < -0.39 is 10.0 Å². The Hall–Kier alpha value is -3.23. The lowest BCUT2D eigenvalue weighted by atomic mass is 10.1.